The highest BCUT2D eigenvalue weighted by Gasteiger charge is 2.33. The molecular weight excluding hydrogens is 316 g/mol. The van der Waals surface area contributed by atoms with E-state index in [1.54, 1.807) is 0 Å². The molecule has 2 fully saturated rings. The summed E-state index contributed by atoms with van der Waals surface area (Å²) >= 11 is 0. The van der Waals surface area contributed by atoms with Gasteiger partial charge < -0.3 is 15.0 Å². The summed E-state index contributed by atoms with van der Waals surface area (Å²) in [5.41, 5.74) is 1.89. The number of methoxy groups -OCH3 is 1. The minimum atomic E-state index is -0.206. The lowest BCUT2D eigenvalue weighted by Gasteiger charge is -2.31. The van der Waals surface area contributed by atoms with Gasteiger partial charge in [-0.1, -0.05) is 19.1 Å². The van der Waals surface area contributed by atoms with Gasteiger partial charge >= 0.3 is 5.97 Å². The molecule has 1 aromatic rings. The van der Waals surface area contributed by atoms with Gasteiger partial charge in [0.15, 0.2) is 0 Å². The molecule has 1 heterocycles. The molecule has 1 aromatic carbocycles. The zero-order valence-corrected chi connectivity index (χ0v) is 15.2. The number of piperidine rings is 1. The number of rotatable bonds is 6. The summed E-state index contributed by atoms with van der Waals surface area (Å²) in [7, 11) is 1.41. The normalized spacial score (nSPS) is 20.1. The molecule has 0 aromatic heterocycles. The molecule has 0 bridgehead atoms. The van der Waals surface area contributed by atoms with E-state index in [-0.39, 0.29) is 23.7 Å². The fraction of sp³-hybridized carbons (Fsp3) is 0.600. The van der Waals surface area contributed by atoms with Crippen molar-refractivity contribution >= 4 is 17.6 Å². The topological polar surface area (TPSA) is 58.6 Å². The van der Waals surface area contributed by atoms with Crippen molar-refractivity contribution in [3.63, 3.8) is 0 Å². The second-order valence-corrected chi connectivity index (χ2v) is 7.33. The summed E-state index contributed by atoms with van der Waals surface area (Å²) in [6.45, 7) is 4.09. The Kier molecular flexibility index (Phi) is 5.74. The molecule has 1 saturated heterocycles. The monoisotopic (exact) mass is 344 g/mol. The SMILES string of the molecule is COC(=O)CC(C)c1ccc(NC(=O)C2CCN(C3CC3)CC2)cc1. The van der Waals surface area contributed by atoms with E-state index in [0.717, 1.165) is 43.2 Å². The number of esters is 1. The molecular formula is C20H28N2O3. The summed E-state index contributed by atoms with van der Waals surface area (Å²) in [5, 5.41) is 3.04. The van der Waals surface area contributed by atoms with Crippen LogP contribution in [0.1, 0.15) is 50.5 Å². The minimum Gasteiger partial charge on any atom is -0.469 e. The smallest absolute Gasteiger partial charge is 0.306 e. The highest BCUT2D eigenvalue weighted by atomic mass is 16.5. The first kappa shape index (κ1) is 17.9. The summed E-state index contributed by atoms with van der Waals surface area (Å²) in [4.78, 5) is 26.4. The molecule has 5 nitrogen and oxygen atoms in total. The maximum absolute atomic E-state index is 12.5. The van der Waals surface area contributed by atoms with Crippen molar-refractivity contribution in [2.45, 2.75) is 51.0 Å². The number of nitrogens with one attached hydrogen (secondary N) is 1. The summed E-state index contributed by atoms with van der Waals surface area (Å²) in [5.74, 6) is 0.144. The fourth-order valence-electron chi connectivity index (χ4n) is 3.56. The maximum Gasteiger partial charge on any atom is 0.306 e. The first-order valence-corrected chi connectivity index (χ1v) is 9.28. The molecule has 1 amide bonds. The van der Waals surface area contributed by atoms with Crippen molar-refractivity contribution in [1.29, 1.82) is 0 Å². The Morgan fingerprint density at radius 3 is 2.36 bits per heavy atom. The third kappa shape index (κ3) is 4.82. The third-order valence-corrected chi connectivity index (χ3v) is 5.41. The van der Waals surface area contributed by atoms with Crippen molar-refractivity contribution in [1.82, 2.24) is 4.90 Å². The molecule has 1 saturated carbocycles. The van der Waals surface area contributed by atoms with Gasteiger partial charge in [0.05, 0.1) is 13.5 Å². The third-order valence-electron chi connectivity index (χ3n) is 5.41. The molecule has 1 aliphatic carbocycles. The molecule has 2 aliphatic rings. The molecule has 0 radical (unpaired) electrons. The Hall–Kier alpha value is -1.88. The van der Waals surface area contributed by atoms with E-state index in [1.165, 1.54) is 20.0 Å². The van der Waals surface area contributed by atoms with Crippen molar-refractivity contribution < 1.29 is 14.3 Å². The molecule has 5 heteroatoms. The number of ether oxygens (including phenoxy) is 1. The number of carbonyl (C=O) groups excluding carboxylic acids is 2. The van der Waals surface area contributed by atoms with E-state index in [4.69, 9.17) is 4.74 Å². The standard InChI is InChI=1S/C20H28N2O3/c1-14(13-19(23)25-2)15-3-5-17(6-4-15)21-20(24)16-9-11-22(12-10-16)18-7-8-18/h3-6,14,16,18H,7-13H2,1-2H3,(H,21,24). The van der Waals surface area contributed by atoms with Gasteiger partial charge in [-0.15, -0.1) is 0 Å². The largest absolute Gasteiger partial charge is 0.469 e. The van der Waals surface area contributed by atoms with Crippen LogP contribution in [0.15, 0.2) is 24.3 Å². The van der Waals surface area contributed by atoms with Crippen LogP contribution in [-0.2, 0) is 14.3 Å². The Morgan fingerprint density at radius 2 is 1.80 bits per heavy atom. The van der Waals surface area contributed by atoms with Gasteiger partial charge in [0.1, 0.15) is 0 Å². The minimum absolute atomic E-state index is 0.101. The lowest BCUT2D eigenvalue weighted by atomic mass is 9.95. The van der Waals surface area contributed by atoms with E-state index < -0.39 is 0 Å². The van der Waals surface area contributed by atoms with Gasteiger partial charge in [-0.05, 0) is 62.4 Å². The van der Waals surface area contributed by atoms with Gasteiger partial charge in [0.25, 0.3) is 0 Å². The van der Waals surface area contributed by atoms with Crippen LogP contribution in [-0.4, -0.2) is 43.0 Å². The van der Waals surface area contributed by atoms with Gasteiger partial charge in [0, 0.05) is 17.6 Å². The summed E-state index contributed by atoms with van der Waals surface area (Å²) < 4.78 is 4.71. The van der Waals surface area contributed by atoms with Gasteiger partial charge in [0.2, 0.25) is 5.91 Å². The van der Waals surface area contributed by atoms with Crippen molar-refractivity contribution in [3.8, 4) is 0 Å². The number of benzene rings is 1. The van der Waals surface area contributed by atoms with E-state index in [9.17, 15) is 9.59 Å². The number of nitrogens with zero attached hydrogens (tertiary/aromatic N) is 1. The van der Waals surface area contributed by atoms with E-state index in [1.807, 2.05) is 31.2 Å². The van der Waals surface area contributed by atoms with E-state index >= 15 is 0 Å². The highest BCUT2D eigenvalue weighted by molar-refractivity contribution is 5.92. The molecule has 0 spiro atoms. The van der Waals surface area contributed by atoms with Crippen LogP contribution in [0, 0.1) is 5.92 Å². The van der Waals surface area contributed by atoms with Gasteiger partial charge in [-0.3, -0.25) is 9.59 Å². The molecule has 1 atom stereocenters. The average Bonchev–Trinajstić information content (AvgIpc) is 3.47. The number of anilines is 1. The number of hydrogen-bond acceptors (Lipinski definition) is 4. The predicted molar refractivity (Wildman–Crippen MR) is 97.4 cm³/mol. The van der Waals surface area contributed by atoms with Crippen molar-refractivity contribution in [2.75, 3.05) is 25.5 Å². The maximum atomic E-state index is 12.5. The second-order valence-electron chi connectivity index (χ2n) is 7.33. The van der Waals surface area contributed by atoms with Crippen LogP contribution >= 0.6 is 0 Å². The van der Waals surface area contributed by atoms with Crippen LogP contribution in [0.2, 0.25) is 0 Å². The zero-order chi connectivity index (χ0) is 17.8. The quantitative estimate of drug-likeness (QED) is 0.805. The Labute approximate surface area is 149 Å². The van der Waals surface area contributed by atoms with E-state index in [2.05, 4.69) is 10.2 Å². The Morgan fingerprint density at radius 1 is 1.16 bits per heavy atom. The van der Waals surface area contributed by atoms with E-state index in [0.29, 0.717) is 6.42 Å². The summed E-state index contributed by atoms with van der Waals surface area (Å²) in [6, 6.07) is 8.57. The molecule has 1 aliphatic heterocycles. The number of likely N-dealkylation sites (tertiary alicyclic amines) is 1. The van der Waals surface area contributed by atoms with Crippen LogP contribution in [0.3, 0.4) is 0 Å². The zero-order valence-electron chi connectivity index (χ0n) is 15.2. The lowest BCUT2D eigenvalue weighted by Crippen LogP contribution is -2.39. The number of amides is 1. The number of carbonyl (C=O) groups is 2. The highest BCUT2D eigenvalue weighted by Crippen LogP contribution is 2.31. The molecule has 1 unspecified atom stereocenters. The first-order valence-electron chi connectivity index (χ1n) is 9.28. The second kappa shape index (κ2) is 8.00. The molecule has 136 valence electrons. The van der Waals surface area contributed by atoms with Crippen molar-refractivity contribution in [2.24, 2.45) is 5.92 Å². The van der Waals surface area contributed by atoms with Crippen LogP contribution < -0.4 is 5.32 Å². The van der Waals surface area contributed by atoms with Gasteiger partial charge in [-0.2, -0.15) is 0 Å². The molecule has 25 heavy (non-hydrogen) atoms. The Balaban J connectivity index is 1.49. The van der Waals surface area contributed by atoms with Gasteiger partial charge in [-0.25, -0.2) is 0 Å². The average molecular weight is 344 g/mol. The van der Waals surface area contributed by atoms with Crippen LogP contribution in [0.4, 0.5) is 5.69 Å². The first-order chi connectivity index (χ1) is 12.1. The Bertz CT molecular complexity index is 602. The fourth-order valence-corrected chi connectivity index (χ4v) is 3.56. The molecule has 3 rings (SSSR count). The lowest BCUT2D eigenvalue weighted by molar-refractivity contribution is -0.141. The predicted octanol–water partition coefficient (Wildman–Crippen LogP) is 3.17. The summed E-state index contributed by atoms with van der Waals surface area (Å²) in [6.07, 6.45) is 4.93. The van der Waals surface area contributed by atoms with Crippen LogP contribution in [0.5, 0.6) is 0 Å². The van der Waals surface area contributed by atoms with Crippen molar-refractivity contribution in [3.05, 3.63) is 29.8 Å². The molecule has 1 N–H and O–H groups in total. The van der Waals surface area contributed by atoms with Crippen LogP contribution in [0.25, 0.3) is 0 Å². The number of hydrogen-bond donors (Lipinski definition) is 1.